The maximum atomic E-state index is 11.0. The van der Waals surface area contributed by atoms with Gasteiger partial charge >= 0.3 is 5.97 Å². The first-order valence-electron chi connectivity index (χ1n) is 8.82. The normalized spacial score (nSPS) is 10.4. The summed E-state index contributed by atoms with van der Waals surface area (Å²) in [6, 6.07) is 18.4. The molecule has 134 valence electrons. The van der Waals surface area contributed by atoms with E-state index in [0.717, 1.165) is 38.1 Å². The second-order valence-corrected chi connectivity index (χ2v) is 5.92. The molecule has 4 heteroatoms. The van der Waals surface area contributed by atoms with Crippen molar-refractivity contribution >= 4 is 5.97 Å². The van der Waals surface area contributed by atoms with Crippen LogP contribution < -0.4 is 10.1 Å². The largest absolute Gasteiger partial charge is 0.489 e. The number of methoxy groups -OCH3 is 1. The average molecular weight is 341 g/mol. The van der Waals surface area contributed by atoms with Crippen LogP contribution >= 0.6 is 0 Å². The number of esters is 1. The number of benzene rings is 2. The quantitative estimate of drug-likeness (QED) is 0.500. The summed E-state index contributed by atoms with van der Waals surface area (Å²) < 4.78 is 10.6. The highest BCUT2D eigenvalue weighted by molar-refractivity contribution is 5.68. The van der Waals surface area contributed by atoms with Crippen LogP contribution in [0, 0.1) is 0 Å². The summed E-state index contributed by atoms with van der Waals surface area (Å²) in [6.45, 7) is 2.38. The Morgan fingerprint density at radius 2 is 1.72 bits per heavy atom. The molecule has 0 aliphatic rings. The smallest absolute Gasteiger partial charge is 0.305 e. The van der Waals surface area contributed by atoms with Crippen LogP contribution in [-0.4, -0.2) is 26.2 Å². The fourth-order valence-electron chi connectivity index (χ4n) is 2.56. The molecule has 0 aliphatic heterocycles. The predicted molar refractivity (Wildman–Crippen MR) is 99.7 cm³/mol. The van der Waals surface area contributed by atoms with Gasteiger partial charge in [-0.1, -0.05) is 48.5 Å². The maximum Gasteiger partial charge on any atom is 0.305 e. The zero-order chi connectivity index (χ0) is 17.7. The fourth-order valence-corrected chi connectivity index (χ4v) is 2.56. The molecule has 4 nitrogen and oxygen atoms in total. The number of nitrogens with one attached hydrogen (secondary N) is 1. The monoisotopic (exact) mass is 341 g/mol. The molecule has 0 aromatic heterocycles. The van der Waals surface area contributed by atoms with Gasteiger partial charge in [-0.25, -0.2) is 0 Å². The van der Waals surface area contributed by atoms with E-state index in [1.54, 1.807) is 0 Å². The molecule has 0 aliphatic carbocycles. The van der Waals surface area contributed by atoms with Crippen LogP contribution in [0.15, 0.2) is 54.6 Å². The van der Waals surface area contributed by atoms with E-state index in [1.807, 2.05) is 36.4 Å². The minimum Gasteiger partial charge on any atom is -0.489 e. The third kappa shape index (κ3) is 7.40. The van der Waals surface area contributed by atoms with Gasteiger partial charge in [0.2, 0.25) is 0 Å². The van der Waals surface area contributed by atoms with Crippen LogP contribution in [0.1, 0.15) is 30.4 Å². The SMILES string of the molecule is COC(=O)CCCCNCCc1ccccc1OCc1ccccc1. The number of hydrogen-bond acceptors (Lipinski definition) is 4. The molecule has 0 saturated heterocycles. The third-order valence-electron chi connectivity index (χ3n) is 3.99. The summed E-state index contributed by atoms with van der Waals surface area (Å²) in [5.41, 5.74) is 2.38. The van der Waals surface area contributed by atoms with E-state index >= 15 is 0 Å². The van der Waals surface area contributed by atoms with Gasteiger partial charge in [0, 0.05) is 6.42 Å². The van der Waals surface area contributed by atoms with Crippen molar-refractivity contribution in [2.75, 3.05) is 20.2 Å². The molecule has 0 fully saturated rings. The van der Waals surface area contributed by atoms with E-state index in [0.29, 0.717) is 13.0 Å². The molecule has 0 bridgehead atoms. The molecule has 0 amide bonds. The van der Waals surface area contributed by atoms with Crippen LogP contribution in [-0.2, 0) is 22.6 Å². The Morgan fingerprint density at radius 1 is 0.960 bits per heavy atom. The lowest BCUT2D eigenvalue weighted by molar-refractivity contribution is -0.140. The molecule has 0 heterocycles. The molecule has 0 unspecified atom stereocenters. The van der Waals surface area contributed by atoms with E-state index < -0.39 is 0 Å². The van der Waals surface area contributed by atoms with E-state index in [1.165, 1.54) is 18.2 Å². The number of unbranched alkanes of at least 4 members (excludes halogenated alkanes) is 1. The summed E-state index contributed by atoms with van der Waals surface area (Å²) in [6.07, 6.45) is 3.24. The Bertz CT molecular complexity index is 628. The van der Waals surface area contributed by atoms with Gasteiger partial charge in [0.1, 0.15) is 12.4 Å². The van der Waals surface area contributed by atoms with Gasteiger partial charge in [0.25, 0.3) is 0 Å². The van der Waals surface area contributed by atoms with Crippen LogP contribution in [0.25, 0.3) is 0 Å². The van der Waals surface area contributed by atoms with Crippen molar-refractivity contribution in [3.8, 4) is 5.75 Å². The lowest BCUT2D eigenvalue weighted by Gasteiger charge is -2.12. The predicted octanol–water partition coefficient (Wildman–Crippen LogP) is 3.74. The second-order valence-electron chi connectivity index (χ2n) is 5.92. The van der Waals surface area contributed by atoms with Crippen molar-refractivity contribution in [1.82, 2.24) is 5.32 Å². The van der Waals surface area contributed by atoms with Crippen LogP contribution in [0.5, 0.6) is 5.75 Å². The highest BCUT2D eigenvalue weighted by atomic mass is 16.5. The van der Waals surface area contributed by atoms with Crippen LogP contribution in [0.2, 0.25) is 0 Å². The van der Waals surface area contributed by atoms with Gasteiger partial charge < -0.3 is 14.8 Å². The first-order chi connectivity index (χ1) is 12.3. The number of carbonyl (C=O) groups excluding carboxylic acids is 1. The summed E-state index contributed by atoms with van der Waals surface area (Å²) in [7, 11) is 1.43. The lowest BCUT2D eigenvalue weighted by Crippen LogP contribution is -2.19. The molecule has 1 N–H and O–H groups in total. The average Bonchev–Trinajstić information content (AvgIpc) is 2.67. The Labute approximate surface area is 150 Å². The third-order valence-corrected chi connectivity index (χ3v) is 3.99. The number of ether oxygens (including phenoxy) is 2. The van der Waals surface area contributed by atoms with Gasteiger partial charge in [-0.05, 0) is 49.5 Å². The van der Waals surface area contributed by atoms with E-state index in [2.05, 4.69) is 28.3 Å². The molecule has 0 spiro atoms. The number of para-hydroxylation sites is 1. The number of hydrogen-bond donors (Lipinski definition) is 1. The lowest BCUT2D eigenvalue weighted by atomic mass is 10.1. The molecule has 0 atom stereocenters. The number of rotatable bonds is 11. The molecular weight excluding hydrogens is 314 g/mol. The molecule has 25 heavy (non-hydrogen) atoms. The zero-order valence-electron chi connectivity index (χ0n) is 14.9. The van der Waals surface area contributed by atoms with Crippen LogP contribution in [0.3, 0.4) is 0 Å². The summed E-state index contributed by atoms with van der Waals surface area (Å²) >= 11 is 0. The van der Waals surface area contributed by atoms with Crippen molar-refractivity contribution in [2.45, 2.75) is 32.3 Å². The Morgan fingerprint density at radius 3 is 2.52 bits per heavy atom. The van der Waals surface area contributed by atoms with Crippen LogP contribution in [0.4, 0.5) is 0 Å². The molecule has 2 aromatic rings. The van der Waals surface area contributed by atoms with E-state index in [4.69, 9.17) is 4.74 Å². The zero-order valence-corrected chi connectivity index (χ0v) is 14.9. The highest BCUT2D eigenvalue weighted by Gasteiger charge is 2.04. The molecule has 0 saturated carbocycles. The van der Waals surface area contributed by atoms with Crippen molar-refractivity contribution in [2.24, 2.45) is 0 Å². The van der Waals surface area contributed by atoms with Gasteiger partial charge in [0.15, 0.2) is 0 Å². The molecular formula is C21H27NO3. The second kappa shape index (κ2) is 11.3. The van der Waals surface area contributed by atoms with Gasteiger partial charge in [0.05, 0.1) is 7.11 Å². The van der Waals surface area contributed by atoms with Gasteiger partial charge in [-0.3, -0.25) is 4.79 Å². The Balaban J connectivity index is 1.69. The summed E-state index contributed by atoms with van der Waals surface area (Å²) in [5, 5.41) is 3.42. The maximum absolute atomic E-state index is 11.0. The van der Waals surface area contributed by atoms with Gasteiger partial charge in [-0.2, -0.15) is 0 Å². The van der Waals surface area contributed by atoms with Crippen molar-refractivity contribution in [3.63, 3.8) is 0 Å². The first kappa shape index (κ1) is 19.0. The van der Waals surface area contributed by atoms with Gasteiger partial charge in [-0.15, -0.1) is 0 Å². The summed E-state index contributed by atoms with van der Waals surface area (Å²) in [5.74, 6) is 0.809. The topological polar surface area (TPSA) is 47.6 Å². The van der Waals surface area contributed by atoms with E-state index in [9.17, 15) is 4.79 Å². The van der Waals surface area contributed by atoms with Crippen molar-refractivity contribution in [3.05, 3.63) is 65.7 Å². The number of carbonyl (C=O) groups is 1. The highest BCUT2D eigenvalue weighted by Crippen LogP contribution is 2.19. The standard InChI is InChI=1S/C21H27NO3/c1-24-21(23)13-7-8-15-22-16-14-19-11-5-6-12-20(19)25-17-18-9-3-2-4-10-18/h2-6,9-12,22H,7-8,13-17H2,1H3. The minimum absolute atomic E-state index is 0.135. The Kier molecular flexibility index (Phi) is 8.56. The molecule has 0 radical (unpaired) electrons. The van der Waals surface area contributed by atoms with E-state index in [-0.39, 0.29) is 5.97 Å². The fraction of sp³-hybridized carbons (Fsp3) is 0.381. The first-order valence-corrected chi connectivity index (χ1v) is 8.82. The molecule has 2 aromatic carbocycles. The van der Waals surface area contributed by atoms with Crippen molar-refractivity contribution < 1.29 is 14.3 Å². The minimum atomic E-state index is -0.135. The Hall–Kier alpha value is -2.33. The van der Waals surface area contributed by atoms with Crippen molar-refractivity contribution in [1.29, 1.82) is 0 Å². The summed E-state index contributed by atoms with van der Waals surface area (Å²) in [4.78, 5) is 11.0. The molecule has 2 rings (SSSR count).